The van der Waals surface area contributed by atoms with Crippen LogP contribution in [-0.2, 0) is 5.41 Å². The van der Waals surface area contributed by atoms with E-state index in [1.807, 2.05) is 25.1 Å². The summed E-state index contributed by atoms with van der Waals surface area (Å²) in [5.74, 6) is 0.991. The maximum absolute atomic E-state index is 10.6. The summed E-state index contributed by atoms with van der Waals surface area (Å²) in [6.45, 7) is 6.90. The Balaban J connectivity index is 1.47. The molecule has 1 N–H and O–H groups in total. The highest BCUT2D eigenvalue weighted by molar-refractivity contribution is 6.08. The SMILES string of the molecule is CCOc1nc(-c2ccccc2O)nc(-c2cc3c(c4ccccc24)-c2ccc(-c4ccccc4)cc2C3(C)C)n1. The van der Waals surface area contributed by atoms with Gasteiger partial charge in [-0.25, -0.2) is 4.98 Å². The van der Waals surface area contributed by atoms with Gasteiger partial charge < -0.3 is 9.84 Å². The van der Waals surface area contributed by atoms with Crippen LogP contribution in [0, 0.1) is 0 Å². The van der Waals surface area contributed by atoms with E-state index in [4.69, 9.17) is 14.7 Å². The molecule has 5 aromatic carbocycles. The monoisotopic (exact) mass is 535 g/mol. The number of phenols is 1. The van der Waals surface area contributed by atoms with Gasteiger partial charge >= 0.3 is 6.01 Å². The lowest BCUT2D eigenvalue weighted by atomic mass is 9.80. The highest BCUT2D eigenvalue weighted by atomic mass is 16.5. The van der Waals surface area contributed by atoms with Crippen LogP contribution >= 0.6 is 0 Å². The van der Waals surface area contributed by atoms with Gasteiger partial charge in [-0.15, -0.1) is 0 Å². The van der Waals surface area contributed by atoms with Gasteiger partial charge in [0.05, 0.1) is 12.2 Å². The molecule has 1 aliphatic carbocycles. The summed E-state index contributed by atoms with van der Waals surface area (Å²) < 4.78 is 5.78. The fourth-order valence-electron chi connectivity index (χ4n) is 6.03. The Morgan fingerprint density at radius 3 is 2.07 bits per heavy atom. The minimum Gasteiger partial charge on any atom is -0.507 e. The molecule has 1 aromatic heterocycles. The lowest BCUT2D eigenvalue weighted by Crippen LogP contribution is -2.15. The second kappa shape index (κ2) is 9.56. The van der Waals surface area contributed by atoms with Gasteiger partial charge in [0.1, 0.15) is 5.75 Å². The van der Waals surface area contributed by atoms with E-state index >= 15 is 0 Å². The number of fused-ring (bicyclic) bond motifs is 5. The highest BCUT2D eigenvalue weighted by Crippen LogP contribution is 2.53. The smallest absolute Gasteiger partial charge is 0.320 e. The van der Waals surface area contributed by atoms with Crippen molar-refractivity contribution >= 4 is 10.8 Å². The minimum absolute atomic E-state index is 0.108. The van der Waals surface area contributed by atoms with Crippen LogP contribution < -0.4 is 4.74 Å². The Bertz CT molecular complexity index is 1950. The molecule has 0 bridgehead atoms. The molecule has 6 aromatic rings. The number of rotatable bonds is 5. The van der Waals surface area contributed by atoms with Crippen molar-refractivity contribution < 1.29 is 9.84 Å². The first-order chi connectivity index (χ1) is 20.0. The molecule has 0 fully saturated rings. The van der Waals surface area contributed by atoms with E-state index < -0.39 is 0 Å². The third-order valence-electron chi connectivity index (χ3n) is 8.06. The summed E-state index contributed by atoms with van der Waals surface area (Å²) in [5.41, 5.74) is 8.65. The predicted molar refractivity (Wildman–Crippen MR) is 164 cm³/mol. The second-order valence-corrected chi connectivity index (χ2v) is 10.9. The van der Waals surface area contributed by atoms with Crippen molar-refractivity contribution in [2.75, 3.05) is 6.61 Å². The quantitative estimate of drug-likeness (QED) is 0.240. The van der Waals surface area contributed by atoms with Crippen LogP contribution in [0.3, 0.4) is 0 Å². The van der Waals surface area contributed by atoms with E-state index in [0.717, 1.165) is 16.3 Å². The van der Waals surface area contributed by atoms with Crippen molar-refractivity contribution in [3.8, 4) is 56.8 Å². The largest absolute Gasteiger partial charge is 0.507 e. The zero-order valence-corrected chi connectivity index (χ0v) is 23.2. The lowest BCUT2D eigenvalue weighted by molar-refractivity contribution is 0.312. The van der Waals surface area contributed by atoms with Gasteiger partial charge in [0.15, 0.2) is 11.6 Å². The number of aromatic hydroxyl groups is 1. The molecule has 5 nitrogen and oxygen atoms in total. The number of nitrogens with zero attached hydrogens (tertiary/aromatic N) is 3. The molecule has 0 unspecified atom stereocenters. The Labute approximate surface area is 239 Å². The third kappa shape index (κ3) is 4.04. The number of benzene rings is 5. The molecule has 7 rings (SSSR count). The minimum atomic E-state index is -0.245. The summed E-state index contributed by atoms with van der Waals surface area (Å²) in [6.07, 6.45) is 0. The zero-order chi connectivity index (χ0) is 28.1. The number of aromatic nitrogens is 3. The Kier molecular flexibility index (Phi) is 5.82. The fourth-order valence-corrected chi connectivity index (χ4v) is 6.03. The molecule has 1 aliphatic rings. The summed E-state index contributed by atoms with van der Waals surface area (Å²) in [6, 6.07) is 35.3. The van der Waals surface area contributed by atoms with Crippen molar-refractivity contribution in [2.45, 2.75) is 26.2 Å². The number of phenolic OH excluding ortho intramolecular Hbond substituents is 1. The molecule has 0 saturated heterocycles. The van der Waals surface area contributed by atoms with E-state index in [2.05, 4.69) is 85.6 Å². The zero-order valence-electron chi connectivity index (χ0n) is 23.2. The van der Waals surface area contributed by atoms with E-state index in [1.54, 1.807) is 18.2 Å². The molecule has 200 valence electrons. The van der Waals surface area contributed by atoms with Crippen molar-refractivity contribution in [1.82, 2.24) is 15.0 Å². The molecule has 0 atom stereocenters. The van der Waals surface area contributed by atoms with Gasteiger partial charge in [0, 0.05) is 11.0 Å². The van der Waals surface area contributed by atoms with Crippen molar-refractivity contribution in [1.29, 1.82) is 0 Å². The maximum atomic E-state index is 10.6. The number of ether oxygens (including phenoxy) is 1. The van der Waals surface area contributed by atoms with Crippen LogP contribution in [0.15, 0.2) is 103 Å². The highest BCUT2D eigenvalue weighted by Gasteiger charge is 2.37. The standard InChI is InChI=1S/C36H29N3O2/c1-4-41-35-38-33(27-16-10-11-17-31(27)40)37-34(39-35)28-21-30-32(25-15-9-8-14-24(25)28)26-19-18-23(20-29(26)36(30,2)3)22-12-6-5-7-13-22/h5-21,40H,4H2,1-3H3. The Hall–Kier alpha value is -5.03. The number of hydrogen-bond donors (Lipinski definition) is 1. The summed E-state index contributed by atoms with van der Waals surface area (Å²) in [7, 11) is 0. The Morgan fingerprint density at radius 2 is 1.32 bits per heavy atom. The molecule has 0 amide bonds. The topological polar surface area (TPSA) is 68.1 Å². The second-order valence-electron chi connectivity index (χ2n) is 10.9. The summed E-state index contributed by atoms with van der Waals surface area (Å²) in [5, 5.41) is 12.8. The van der Waals surface area contributed by atoms with Gasteiger partial charge in [-0.3, -0.25) is 0 Å². The summed E-state index contributed by atoms with van der Waals surface area (Å²) in [4.78, 5) is 14.2. The van der Waals surface area contributed by atoms with Crippen molar-refractivity contribution in [3.05, 3.63) is 114 Å². The van der Waals surface area contributed by atoms with Crippen molar-refractivity contribution in [2.24, 2.45) is 0 Å². The number of hydrogen-bond acceptors (Lipinski definition) is 5. The fraction of sp³-hybridized carbons (Fsp3) is 0.139. The average Bonchev–Trinajstić information content (AvgIpc) is 3.23. The van der Waals surface area contributed by atoms with Gasteiger partial charge in [0.25, 0.3) is 0 Å². The van der Waals surface area contributed by atoms with Crippen LogP contribution in [-0.4, -0.2) is 26.7 Å². The molecule has 0 radical (unpaired) electrons. The first kappa shape index (κ1) is 25.0. The van der Waals surface area contributed by atoms with E-state index in [0.29, 0.717) is 23.8 Å². The molecule has 0 saturated carbocycles. The van der Waals surface area contributed by atoms with Gasteiger partial charge in [0.2, 0.25) is 0 Å². The van der Waals surface area contributed by atoms with Gasteiger partial charge in [-0.05, 0) is 75.3 Å². The molecule has 0 aliphatic heterocycles. The van der Waals surface area contributed by atoms with Crippen LogP contribution in [0.1, 0.15) is 31.9 Å². The van der Waals surface area contributed by atoms with Crippen molar-refractivity contribution in [3.63, 3.8) is 0 Å². The maximum Gasteiger partial charge on any atom is 0.320 e. The van der Waals surface area contributed by atoms with Crippen LogP contribution in [0.4, 0.5) is 0 Å². The lowest BCUT2D eigenvalue weighted by Gasteiger charge is -2.23. The molecule has 1 heterocycles. The molecule has 5 heteroatoms. The molecular formula is C36H29N3O2. The first-order valence-corrected chi connectivity index (χ1v) is 13.9. The molecule has 0 spiro atoms. The third-order valence-corrected chi connectivity index (χ3v) is 8.06. The molecule has 41 heavy (non-hydrogen) atoms. The normalized spacial score (nSPS) is 13.1. The molecular weight excluding hydrogens is 506 g/mol. The van der Waals surface area contributed by atoms with Crippen LogP contribution in [0.25, 0.3) is 55.8 Å². The average molecular weight is 536 g/mol. The van der Waals surface area contributed by atoms with E-state index in [-0.39, 0.29) is 17.2 Å². The van der Waals surface area contributed by atoms with Crippen LogP contribution in [0.2, 0.25) is 0 Å². The van der Waals surface area contributed by atoms with E-state index in [1.165, 1.54) is 33.4 Å². The Morgan fingerprint density at radius 1 is 0.634 bits per heavy atom. The van der Waals surface area contributed by atoms with Crippen LogP contribution in [0.5, 0.6) is 11.8 Å². The number of para-hydroxylation sites is 1. The predicted octanol–water partition coefficient (Wildman–Crippen LogP) is 8.44. The van der Waals surface area contributed by atoms with E-state index in [9.17, 15) is 5.11 Å². The first-order valence-electron chi connectivity index (χ1n) is 13.9. The van der Waals surface area contributed by atoms with Gasteiger partial charge in [-0.2, -0.15) is 9.97 Å². The van der Waals surface area contributed by atoms with Gasteiger partial charge in [-0.1, -0.05) is 92.7 Å². The summed E-state index contributed by atoms with van der Waals surface area (Å²) >= 11 is 0.